The second-order valence-corrected chi connectivity index (χ2v) is 5.67. The molecule has 3 aromatic rings. The minimum absolute atomic E-state index is 0.0752. The third-order valence-electron chi connectivity index (χ3n) is 3.77. The molecular weight excluding hydrogens is 356 g/mol. The molecule has 0 spiro atoms. The van der Waals surface area contributed by atoms with Crippen LogP contribution in [0.25, 0.3) is 0 Å². The number of aromatic hydroxyl groups is 1. The van der Waals surface area contributed by atoms with Crippen molar-refractivity contribution < 1.29 is 24.6 Å². The predicted octanol–water partition coefficient (Wildman–Crippen LogP) is 4.38. The number of benzene rings is 3. The molecule has 0 saturated heterocycles. The molecule has 0 unspecified atom stereocenters. The van der Waals surface area contributed by atoms with Crippen LogP contribution in [0.15, 0.2) is 91.5 Å². The summed E-state index contributed by atoms with van der Waals surface area (Å²) in [5.41, 5.74) is 1.45. The average molecular weight is 374 g/mol. The molecule has 0 aliphatic carbocycles. The number of carboxylic acids is 1. The number of phenols is 1. The van der Waals surface area contributed by atoms with Crippen LogP contribution in [0.5, 0.6) is 5.75 Å². The van der Waals surface area contributed by atoms with E-state index in [2.05, 4.69) is 6.58 Å². The Kier molecular flexibility index (Phi) is 6.99. The van der Waals surface area contributed by atoms with Crippen LogP contribution in [-0.2, 0) is 0 Å². The van der Waals surface area contributed by atoms with E-state index in [1.807, 2.05) is 60.7 Å². The van der Waals surface area contributed by atoms with Gasteiger partial charge >= 0.3 is 5.97 Å². The average Bonchev–Trinajstić information content (AvgIpc) is 2.74. The highest BCUT2D eigenvalue weighted by molar-refractivity contribution is 6.08. The van der Waals surface area contributed by atoms with Gasteiger partial charge in [-0.1, -0.05) is 67.2 Å². The van der Waals surface area contributed by atoms with E-state index in [1.165, 1.54) is 12.1 Å². The summed E-state index contributed by atoms with van der Waals surface area (Å²) in [6, 6.07) is 22.2. The lowest BCUT2D eigenvalue weighted by Gasteiger charge is -2.00. The molecule has 3 rings (SSSR count). The fourth-order valence-corrected chi connectivity index (χ4v) is 2.33. The summed E-state index contributed by atoms with van der Waals surface area (Å²) in [6.07, 6.45) is 1.09. The maximum absolute atomic E-state index is 11.8. The molecule has 5 nitrogen and oxygen atoms in total. The lowest BCUT2D eigenvalue weighted by Crippen LogP contribution is -1.99. The number of hydrogen-bond donors (Lipinski definition) is 2. The van der Waals surface area contributed by atoms with Crippen LogP contribution in [0, 0.1) is 0 Å². The van der Waals surface area contributed by atoms with E-state index in [0.717, 1.165) is 23.3 Å². The quantitative estimate of drug-likeness (QED) is 0.511. The summed E-state index contributed by atoms with van der Waals surface area (Å²) in [5, 5.41) is 17.8. The Bertz CT molecular complexity index is 951. The van der Waals surface area contributed by atoms with E-state index in [9.17, 15) is 19.5 Å². The van der Waals surface area contributed by atoms with Crippen molar-refractivity contribution in [2.45, 2.75) is 0 Å². The molecule has 0 aromatic heterocycles. The van der Waals surface area contributed by atoms with E-state index in [0.29, 0.717) is 0 Å². The van der Waals surface area contributed by atoms with Crippen LogP contribution >= 0.6 is 0 Å². The molecule has 3 aromatic carbocycles. The van der Waals surface area contributed by atoms with Gasteiger partial charge in [0.2, 0.25) is 0 Å². The van der Waals surface area contributed by atoms with Crippen LogP contribution in [0.1, 0.15) is 36.6 Å². The SMILES string of the molecule is C=CC(=O)c1ccc(C(=O)O)c(O)c1.O=C(c1ccccc1)c1ccccc1. The number of hydrogen-bond acceptors (Lipinski definition) is 4. The molecule has 0 fully saturated rings. The Morgan fingerprint density at radius 2 is 1.25 bits per heavy atom. The zero-order valence-electron chi connectivity index (χ0n) is 14.9. The Balaban J connectivity index is 0.000000200. The van der Waals surface area contributed by atoms with Crippen molar-refractivity contribution in [2.75, 3.05) is 0 Å². The number of carboxylic acid groups (broad SMARTS) is 1. The standard InChI is InChI=1S/C13H10O.C10H8O4/c14-13(11-7-3-1-4-8-11)12-9-5-2-6-10-12;1-2-8(11)6-3-4-7(10(13)14)9(12)5-6/h1-10H;2-5,12H,1H2,(H,13,14). The molecule has 0 aliphatic rings. The molecule has 0 heterocycles. The maximum Gasteiger partial charge on any atom is 0.339 e. The van der Waals surface area contributed by atoms with Gasteiger partial charge in [0.1, 0.15) is 11.3 Å². The molecule has 28 heavy (non-hydrogen) atoms. The predicted molar refractivity (Wildman–Crippen MR) is 106 cm³/mol. The highest BCUT2D eigenvalue weighted by atomic mass is 16.4. The molecule has 0 atom stereocenters. The second kappa shape index (κ2) is 9.64. The van der Waals surface area contributed by atoms with E-state index >= 15 is 0 Å². The number of ketones is 2. The topological polar surface area (TPSA) is 91.7 Å². The molecule has 2 N–H and O–H groups in total. The first-order valence-corrected chi connectivity index (χ1v) is 8.32. The summed E-state index contributed by atoms with van der Waals surface area (Å²) in [6.45, 7) is 3.28. The van der Waals surface area contributed by atoms with Crippen molar-refractivity contribution in [3.8, 4) is 5.75 Å². The van der Waals surface area contributed by atoms with Crippen LogP contribution in [-0.4, -0.2) is 27.7 Å². The highest BCUT2D eigenvalue weighted by Crippen LogP contribution is 2.19. The molecule has 5 heteroatoms. The van der Waals surface area contributed by atoms with Gasteiger partial charge in [-0.25, -0.2) is 4.79 Å². The molecule has 0 radical (unpaired) electrons. The molecule has 0 aliphatic heterocycles. The van der Waals surface area contributed by atoms with Crippen molar-refractivity contribution in [1.29, 1.82) is 0 Å². The van der Waals surface area contributed by atoms with Gasteiger partial charge < -0.3 is 10.2 Å². The molecule has 0 amide bonds. The molecule has 140 valence electrons. The van der Waals surface area contributed by atoms with Gasteiger partial charge in [0.25, 0.3) is 0 Å². The largest absolute Gasteiger partial charge is 0.507 e. The summed E-state index contributed by atoms with van der Waals surface area (Å²) in [4.78, 5) is 33.4. The van der Waals surface area contributed by atoms with Gasteiger partial charge in [-0.05, 0) is 24.3 Å². The Morgan fingerprint density at radius 1 is 0.750 bits per heavy atom. The van der Waals surface area contributed by atoms with Crippen LogP contribution < -0.4 is 0 Å². The van der Waals surface area contributed by atoms with Crippen molar-refractivity contribution in [1.82, 2.24) is 0 Å². The maximum atomic E-state index is 11.8. The zero-order valence-corrected chi connectivity index (χ0v) is 14.9. The van der Waals surface area contributed by atoms with E-state index in [4.69, 9.17) is 5.11 Å². The monoisotopic (exact) mass is 374 g/mol. The smallest absolute Gasteiger partial charge is 0.339 e. The lowest BCUT2D eigenvalue weighted by atomic mass is 10.0. The molecule has 0 bridgehead atoms. The van der Waals surface area contributed by atoms with Crippen LogP contribution in [0.4, 0.5) is 0 Å². The van der Waals surface area contributed by atoms with Gasteiger partial charge in [0, 0.05) is 16.7 Å². The first-order valence-electron chi connectivity index (χ1n) is 8.32. The third kappa shape index (κ3) is 5.25. The highest BCUT2D eigenvalue weighted by Gasteiger charge is 2.11. The number of carbonyl (C=O) groups excluding carboxylic acids is 2. The number of allylic oxidation sites excluding steroid dienone is 1. The lowest BCUT2D eigenvalue weighted by molar-refractivity contribution is 0.0693. The molecular formula is C23H18O5. The van der Waals surface area contributed by atoms with E-state index < -0.39 is 11.7 Å². The van der Waals surface area contributed by atoms with E-state index in [1.54, 1.807) is 0 Å². The number of carbonyl (C=O) groups is 3. The van der Waals surface area contributed by atoms with E-state index in [-0.39, 0.29) is 22.7 Å². The zero-order chi connectivity index (χ0) is 20.5. The Labute approximate surface area is 162 Å². The van der Waals surface area contributed by atoms with Crippen LogP contribution in [0.3, 0.4) is 0 Å². The van der Waals surface area contributed by atoms with Gasteiger partial charge in [-0.2, -0.15) is 0 Å². The first kappa shape index (κ1) is 20.3. The first-order chi connectivity index (χ1) is 13.4. The van der Waals surface area contributed by atoms with Crippen molar-refractivity contribution in [3.05, 3.63) is 114 Å². The van der Waals surface area contributed by atoms with Gasteiger partial charge in [0.15, 0.2) is 11.6 Å². The fourth-order valence-electron chi connectivity index (χ4n) is 2.33. The summed E-state index contributed by atoms with van der Waals surface area (Å²) in [5.74, 6) is -1.95. The van der Waals surface area contributed by atoms with Crippen molar-refractivity contribution in [2.24, 2.45) is 0 Å². The summed E-state index contributed by atoms with van der Waals surface area (Å²) < 4.78 is 0. The third-order valence-corrected chi connectivity index (χ3v) is 3.77. The second-order valence-electron chi connectivity index (χ2n) is 5.67. The summed E-state index contributed by atoms with van der Waals surface area (Å²) >= 11 is 0. The van der Waals surface area contributed by atoms with Gasteiger partial charge in [0.05, 0.1) is 0 Å². The minimum atomic E-state index is -1.24. The number of aromatic carboxylic acids is 1. The minimum Gasteiger partial charge on any atom is -0.507 e. The van der Waals surface area contributed by atoms with Crippen molar-refractivity contribution in [3.63, 3.8) is 0 Å². The van der Waals surface area contributed by atoms with Gasteiger partial charge in [-0.3, -0.25) is 9.59 Å². The number of rotatable bonds is 5. The Morgan fingerprint density at radius 3 is 1.64 bits per heavy atom. The Hall–Kier alpha value is -3.99. The fraction of sp³-hybridized carbons (Fsp3) is 0. The van der Waals surface area contributed by atoms with Gasteiger partial charge in [-0.15, -0.1) is 0 Å². The van der Waals surface area contributed by atoms with Crippen LogP contribution in [0.2, 0.25) is 0 Å². The summed E-state index contributed by atoms with van der Waals surface area (Å²) in [7, 11) is 0. The normalized spacial score (nSPS) is 9.57. The molecule has 0 saturated carbocycles. The van der Waals surface area contributed by atoms with Crippen molar-refractivity contribution >= 4 is 17.5 Å².